The minimum atomic E-state index is 0.281. The first-order valence-corrected chi connectivity index (χ1v) is 4.21. The molecule has 0 unspecified atom stereocenters. The molecule has 0 aromatic carbocycles. The highest BCUT2D eigenvalue weighted by Crippen LogP contribution is 2.27. The van der Waals surface area contributed by atoms with Gasteiger partial charge in [-0.15, -0.1) is 0 Å². The monoisotopic (exact) mass is 143 g/mol. The second-order valence-electron chi connectivity index (χ2n) is 3.14. The summed E-state index contributed by atoms with van der Waals surface area (Å²) in [6.07, 6.45) is 3.80. The maximum atomic E-state index is 8.80. The molecular formula is C8H17NO. The number of nitrogens with one attached hydrogen (secondary N) is 1. The first-order chi connectivity index (χ1) is 4.86. The molecule has 0 radical (unpaired) electrons. The first-order valence-electron chi connectivity index (χ1n) is 4.21. The largest absolute Gasteiger partial charge is 0.395 e. The molecule has 2 N–H and O–H groups in total. The molecule has 1 rings (SSSR count). The van der Waals surface area contributed by atoms with Gasteiger partial charge in [0.1, 0.15) is 0 Å². The van der Waals surface area contributed by atoms with Gasteiger partial charge >= 0.3 is 0 Å². The summed E-state index contributed by atoms with van der Waals surface area (Å²) in [7, 11) is 0. The highest BCUT2D eigenvalue weighted by molar-refractivity contribution is 4.77. The second-order valence-corrected chi connectivity index (χ2v) is 3.14. The number of hydrogen-bond donors (Lipinski definition) is 2. The summed E-state index contributed by atoms with van der Waals surface area (Å²) in [6, 6.07) is 0.334. The van der Waals surface area contributed by atoms with Crippen LogP contribution in [0.4, 0.5) is 0 Å². The molecule has 0 bridgehead atoms. The van der Waals surface area contributed by atoms with Crippen molar-refractivity contribution in [1.29, 1.82) is 0 Å². The second kappa shape index (κ2) is 3.94. The van der Waals surface area contributed by atoms with Crippen molar-refractivity contribution < 1.29 is 5.11 Å². The Kier molecular flexibility index (Phi) is 3.16. The van der Waals surface area contributed by atoms with Gasteiger partial charge in [-0.25, -0.2) is 0 Å². The highest BCUT2D eigenvalue weighted by atomic mass is 16.3. The molecule has 2 nitrogen and oxygen atoms in total. The van der Waals surface area contributed by atoms with E-state index in [0.29, 0.717) is 6.04 Å². The summed E-state index contributed by atoms with van der Waals surface area (Å²) in [6.45, 7) is 3.49. The van der Waals surface area contributed by atoms with Crippen LogP contribution in [-0.4, -0.2) is 24.3 Å². The van der Waals surface area contributed by atoms with Crippen molar-refractivity contribution in [3.8, 4) is 0 Å². The lowest BCUT2D eigenvalue weighted by atomic mass is 10.2. The van der Waals surface area contributed by atoms with E-state index in [1.54, 1.807) is 0 Å². The van der Waals surface area contributed by atoms with Crippen LogP contribution < -0.4 is 5.32 Å². The van der Waals surface area contributed by atoms with Crippen molar-refractivity contribution in [2.24, 2.45) is 5.92 Å². The lowest BCUT2D eigenvalue weighted by Gasteiger charge is -2.12. The van der Waals surface area contributed by atoms with Crippen LogP contribution in [0.3, 0.4) is 0 Å². The first kappa shape index (κ1) is 8.02. The SMILES string of the molecule is CC[C@@H](CO)NCC1CC1. The van der Waals surface area contributed by atoms with Crippen molar-refractivity contribution in [3.05, 3.63) is 0 Å². The van der Waals surface area contributed by atoms with E-state index in [0.717, 1.165) is 18.9 Å². The smallest absolute Gasteiger partial charge is 0.0584 e. The quantitative estimate of drug-likeness (QED) is 0.595. The molecule has 1 saturated carbocycles. The third-order valence-corrected chi connectivity index (χ3v) is 2.11. The van der Waals surface area contributed by atoms with E-state index in [2.05, 4.69) is 12.2 Å². The molecule has 10 heavy (non-hydrogen) atoms. The van der Waals surface area contributed by atoms with Crippen LogP contribution in [0.25, 0.3) is 0 Å². The third-order valence-electron chi connectivity index (χ3n) is 2.11. The molecule has 0 spiro atoms. The van der Waals surface area contributed by atoms with Crippen molar-refractivity contribution in [2.75, 3.05) is 13.2 Å². The van der Waals surface area contributed by atoms with Crippen LogP contribution in [0.1, 0.15) is 26.2 Å². The van der Waals surface area contributed by atoms with Crippen LogP contribution in [0.5, 0.6) is 0 Å². The van der Waals surface area contributed by atoms with E-state index in [1.807, 2.05) is 0 Å². The lowest BCUT2D eigenvalue weighted by molar-refractivity contribution is 0.238. The summed E-state index contributed by atoms with van der Waals surface area (Å²) in [5.74, 6) is 0.917. The van der Waals surface area contributed by atoms with Gasteiger partial charge in [-0.2, -0.15) is 0 Å². The molecule has 0 heterocycles. The summed E-state index contributed by atoms with van der Waals surface area (Å²) < 4.78 is 0. The predicted molar refractivity (Wildman–Crippen MR) is 41.9 cm³/mol. The average molecular weight is 143 g/mol. The molecule has 1 aliphatic carbocycles. The Morgan fingerprint density at radius 3 is 2.70 bits per heavy atom. The molecule has 1 fully saturated rings. The highest BCUT2D eigenvalue weighted by Gasteiger charge is 2.21. The maximum absolute atomic E-state index is 8.80. The standard InChI is InChI=1S/C8H17NO/c1-2-8(6-10)9-5-7-3-4-7/h7-10H,2-6H2,1H3/t8-/m0/s1. The van der Waals surface area contributed by atoms with Gasteiger partial charge in [-0.1, -0.05) is 6.92 Å². The molecule has 0 saturated heterocycles. The Morgan fingerprint density at radius 2 is 2.30 bits per heavy atom. The molecule has 1 atom stereocenters. The lowest BCUT2D eigenvalue weighted by Crippen LogP contribution is -2.33. The number of hydrogen-bond acceptors (Lipinski definition) is 2. The summed E-state index contributed by atoms with van der Waals surface area (Å²) >= 11 is 0. The van der Waals surface area contributed by atoms with E-state index in [4.69, 9.17) is 5.11 Å². The average Bonchev–Trinajstić information content (AvgIpc) is 2.74. The van der Waals surface area contributed by atoms with Gasteiger partial charge in [-0.3, -0.25) is 0 Å². The normalized spacial score (nSPS) is 21.0. The number of rotatable bonds is 5. The van der Waals surface area contributed by atoms with Crippen molar-refractivity contribution in [1.82, 2.24) is 5.32 Å². The number of aliphatic hydroxyl groups excluding tert-OH is 1. The molecule has 60 valence electrons. The maximum Gasteiger partial charge on any atom is 0.0584 e. The minimum Gasteiger partial charge on any atom is -0.395 e. The van der Waals surface area contributed by atoms with E-state index in [1.165, 1.54) is 12.8 Å². The van der Waals surface area contributed by atoms with E-state index in [9.17, 15) is 0 Å². The molecule has 0 aromatic heterocycles. The van der Waals surface area contributed by atoms with Crippen LogP contribution >= 0.6 is 0 Å². The topological polar surface area (TPSA) is 32.3 Å². The fourth-order valence-corrected chi connectivity index (χ4v) is 0.993. The van der Waals surface area contributed by atoms with Gasteiger partial charge in [0.25, 0.3) is 0 Å². The van der Waals surface area contributed by atoms with E-state index in [-0.39, 0.29) is 6.61 Å². The molecule has 0 aromatic rings. The van der Waals surface area contributed by atoms with Gasteiger partial charge in [0.2, 0.25) is 0 Å². The molecule has 0 aliphatic heterocycles. The Morgan fingerprint density at radius 1 is 1.60 bits per heavy atom. The number of aliphatic hydroxyl groups is 1. The Bertz CT molecular complexity index is 87.3. The predicted octanol–water partition coefficient (Wildman–Crippen LogP) is 0.757. The zero-order valence-electron chi connectivity index (χ0n) is 6.64. The van der Waals surface area contributed by atoms with Crippen LogP contribution in [-0.2, 0) is 0 Å². The Labute approximate surface area is 62.6 Å². The zero-order chi connectivity index (χ0) is 7.40. The van der Waals surface area contributed by atoms with E-state index >= 15 is 0 Å². The van der Waals surface area contributed by atoms with Crippen LogP contribution in [0, 0.1) is 5.92 Å². The molecular weight excluding hydrogens is 126 g/mol. The van der Waals surface area contributed by atoms with Crippen molar-refractivity contribution >= 4 is 0 Å². The van der Waals surface area contributed by atoms with Crippen molar-refractivity contribution in [3.63, 3.8) is 0 Å². The van der Waals surface area contributed by atoms with Crippen LogP contribution in [0.15, 0.2) is 0 Å². The van der Waals surface area contributed by atoms with Gasteiger partial charge in [0, 0.05) is 6.04 Å². The molecule has 2 heteroatoms. The fraction of sp³-hybridized carbons (Fsp3) is 1.00. The fourth-order valence-electron chi connectivity index (χ4n) is 0.993. The zero-order valence-corrected chi connectivity index (χ0v) is 6.64. The van der Waals surface area contributed by atoms with Gasteiger partial charge in [-0.05, 0) is 31.7 Å². The summed E-state index contributed by atoms with van der Waals surface area (Å²) in [4.78, 5) is 0. The minimum absolute atomic E-state index is 0.281. The molecule has 1 aliphatic rings. The van der Waals surface area contributed by atoms with Gasteiger partial charge in [0.05, 0.1) is 6.61 Å². The molecule has 0 amide bonds. The van der Waals surface area contributed by atoms with Crippen molar-refractivity contribution in [2.45, 2.75) is 32.2 Å². The Hall–Kier alpha value is -0.0800. The van der Waals surface area contributed by atoms with Gasteiger partial charge in [0.15, 0.2) is 0 Å². The van der Waals surface area contributed by atoms with Crippen LogP contribution in [0.2, 0.25) is 0 Å². The summed E-state index contributed by atoms with van der Waals surface area (Å²) in [5.41, 5.74) is 0. The Balaban J connectivity index is 1.97. The van der Waals surface area contributed by atoms with E-state index < -0.39 is 0 Å². The summed E-state index contributed by atoms with van der Waals surface area (Å²) in [5, 5.41) is 12.1. The third kappa shape index (κ3) is 2.67. The van der Waals surface area contributed by atoms with Gasteiger partial charge < -0.3 is 10.4 Å².